The van der Waals surface area contributed by atoms with Gasteiger partial charge in [0.2, 0.25) is 5.95 Å². The molecule has 30 heavy (non-hydrogen) atoms. The Balaban J connectivity index is 1.36. The summed E-state index contributed by atoms with van der Waals surface area (Å²) in [6, 6.07) is 5.80. The van der Waals surface area contributed by atoms with Gasteiger partial charge in [0.25, 0.3) is 6.43 Å². The summed E-state index contributed by atoms with van der Waals surface area (Å²) in [5.41, 5.74) is 9.28. The monoisotopic (exact) mass is 413 g/mol. The number of imidazole rings is 1. The first-order valence-electron chi connectivity index (χ1n) is 9.79. The zero-order valence-electron chi connectivity index (χ0n) is 16.1. The molecule has 3 N–H and O–H groups in total. The molecular formula is C19H21F2N9. The lowest BCUT2D eigenvalue weighted by molar-refractivity contribution is 0.0769. The molecule has 0 radical (unpaired) electrons. The van der Waals surface area contributed by atoms with E-state index in [1.807, 2.05) is 24.4 Å². The Morgan fingerprint density at radius 3 is 2.73 bits per heavy atom. The fourth-order valence-electron chi connectivity index (χ4n) is 3.92. The van der Waals surface area contributed by atoms with Gasteiger partial charge in [-0.2, -0.15) is 10.1 Å². The van der Waals surface area contributed by atoms with E-state index in [1.165, 1.54) is 0 Å². The number of nitrogen functional groups attached to an aromatic ring is 1. The van der Waals surface area contributed by atoms with Crippen LogP contribution in [-0.4, -0.2) is 66.2 Å². The second-order valence-corrected chi connectivity index (χ2v) is 7.40. The second-order valence-electron chi connectivity index (χ2n) is 7.40. The van der Waals surface area contributed by atoms with Crippen LogP contribution in [0.25, 0.3) is 22.4 Å². The zero-order valence-corrected chi connectivity index (χ0v) is 16.1. The lowest BCUT2D eigenvalue weighted by atomic mass is 10.1. The number of fused-ring (bicyclic) bond motifs is 2. The van der Waals surface area contributed by atoms with Gasteiger partial charge in [0.1, 0.15) is 5.52 Å². The highest BCUT2D eigenvalue weighted by Crippen LogP contribution is 2.28. The standard InChI is InChI=1S/C19H21F2N9/c20-15(21)11-28-7-3-12(4-8-28)24-19-25-18(22)17-13(5-9-30(17)27-19)14-1-2-16-23-6-10-29(16)26-14/h1-2,5-6,9-10,12,15H,3-4,7-8,11H2,(H3,22,24,25,27). The predicted octanol–water partition coefficient (Wildman–Crippen LogP) is 2.16. The van der Waals surface area contributed by atoms with Crippen molar-refractivity contribution in [3.05, 3.63) is 36.8 Å². The Morgan fingerprint density at radius 2 is 1.93 bits per heavy atom. The highest BCUT2D eigenvalue weighted by atomic mass is 19.3. The number of anilines is 2. The topological polar surface area (TPSA) is 102 Å². The van der Waals surface area contributed by atoms with E-state index >= 15 is 0 Å². The molecule has 0 unspecified atom stereocenters. The smallest absolute Gasteiger partial charge is 0.251 e. The molecule has 9 nitrogen and oxygen atoms in total. The van der Waals surface area contributed by atoms with Gasteiger partial charge in [-0.15, -0.1) is 5.10 Å². The van der Waals surface area contributed by atoms with E-state index in [2.05, 4.69) is 25.5 Å². The van der Waals surface area contributed by atoms with Gasteiger partial charge in [-0.3, -0.25) is 4.90 Å². The van der Waals surface area contributed by atoms with Gasteiger partial charge in [-0.05, 0) is 31.0 Å². The van der Waals surface area contributed by atoms with Crippen molar-refractivity contribution in [1.82, 2.24) is 34.1 Å². The molecular weight excluding hydrogens is 392 g/mol. The normalized spacial score (nSPS) is 16.1. The number of hydrogen-bond acceptors (Lipinski definition) is 7. The van der Waals surface area contributed by atoms with Crippen molar-refractivity contribution in [3.63, 3.8) is 0 Å². The molecule has 1 fully saturated rings. The fourth-order valence-corrected chi connectivity index (χ4v) is 3.92. The summed E-state index contributed by atoms with van der Waals surface area (Å²) in [6.07, 6.45) is 4.49. The predicted molar refractivity (Wildman–Crippen MR) is 108 cm³/mol. The molecule has 0 aromatic carbocycles. The Morgan fingerprint density at radius 1 is 1.10 bits per heavy atom. The highest BCUT2D eigenvalue weighted by molar-refractivity contribution is 5.86. The number of alkyl halides is 2. The molecule has 1 aliphatic heterocycles. The van der Waals surface area contributed by atoms with Gasteiger partial charge in [0.05, 0.1) is 12.2 Å². The third kappa shape index (κ3) is 3.52. The molecule has 1 aliphatic rings. The van der Waals surface area contributed by atoms with E-state index in [4.69, 9.17) is 5.73 Å². The van der Waals surface area contributed by atoms with E-state index < -0.39 is 6.43 Å². The maximum Gasteiger partial charge on any atom is 0.251 e. The van der Waals surface area contributed by atoms with Crippen molar-refractivity contribution in [1.29, 1.82) is 0 Å². The van der Waals surface area contributed by atoms with Crippen molar-refractivity contribution >= 4 is 22.9 Å². The van der Waals surface area contributed by atoms with Gasteiger partial charge >= 0.3 is 0 Å². The van der Waals surface area contributed by atoms with Crippen LogP contribution in [-0.2, 0) is 0 Å². The van der Waals surface area contributed by atoms with Crippen molar-refractivity contribution in [2.45, 2.75) is 25.3 Å². The number of rotatable bonds is 5. The molecule has 5 rings (SSSR count). The summed E-state index contributed by atoms with van der Waals surface area (Å²) < 4.78 is 28.5. The summed E-state index contributed by atoms with van der Waals surface area (Å²) in [7, 11) is 0. The molecule has 5 heterocycles. The van der Waals surface area contributed by atoms with Crippen molar-refractivity contribution < 1.29 is 8.78 Å². The summed E-state index contributed by atoms with van der Waals surface area (Å²) >= 11 is 0. The van der Waals surface area contributed by atoms with E-state index in [9.17, 15) is 8.78 Å². The molecule has 0 aliphatic carbocycles. The van der Waals surface area contributed by atoms with Crippen molar-refractivity contribution in [3.8, 4) is 11.3 Å². The number of hydrogen-bond donors (Lipinski definition) is 2. The number of nitrogens with one attached hydrogen (secondary N) is 1. The zero-order chi connectivity index (χ0) is 20.7. The molecule has 0 saturated carbocycles. The lowest BCUT2D eigenvalue weighted by Crippen LogP contribution is -2.41. The maximum absolute atomic E-state index is 12.5. The quantitative estimate of drug-likeness (QED) is 0.517. The molecule has 156 valence electrons. The third-order valence-electron chi connectivity index (χ3n) is 5.39. The van der Waals surface area contributed by atoms with E-state index in [0.29, 0.717) is 30.4 Å². The van der Waals surface area contributed by atoms with Crippen LogP contribution in [0, 0.1) is 0 Å². The van der Waals surface area contributed by atoms with Crippen LogP contribution in [0.4, 0.5) is 20.5 Å². The minimum absolute atomic E-state index is 0.121. The minimum Gasteiger partial charge on any atom is -0.382 e. The van der Waals surface area contributed by atoms with Crippen molar-refractivity contribution in [2.24, 2.45) is 0 Å². The Bertz CT molecular complexity index is 1180. The van der Waals surface area contributed by atoms with E-state index in [-0.39, 0.29) is 12.6 Å². The largest absolute Gasteiger partial charge is 0.382 e. The first-order valence-corrected chi connectivity index (χ1v) is 9.79. The number of piperidine rings is 1. The molecule has 1 saturated heterocycles. The van der Waals surface area contributed by atoms with Gasteiger partial charge in [-0.1, -0.05) is 0 Å². The lowest BCUT2D eigenvalue weighted by Gasteiger charge is -2.31. The SMILES string of the molecule is Nc1nc(NC2CCN(CC(F)F)CC2)nn2ccc(-c3ccc4nccn4n3)c12. The fraction of sp³-hybridized carbons (Fsp3) is 0.368. The molecule has 0 spiro atoms. The maximum atomic E-state index is 12.5. The molecule has 0 amide bonds. The van der Waals surface area contributed by atoms with Crippen LogP contribution < -0.4 is 11.1 Å². The molecule has 11 heteroatoms. The summed E-state index contributed by atoms with van der Waals surface area (Å²) in [6.45, 7) is 1.07. The van der Waals surface area contributed by atoms with Gasteiger partial charge in [0, 0.05) is 43.3 Å². The van der Waals surface area contributed by atoms with Crippen LogP contribution in [0.5, 0.6) is 0 Å². The van der Waals surface area contributed by atoms with Gasteiger partial charge in [0.15, 0.2) is 11.5 Å². The first kappa shape index (κ1) is 18.7. The van der Waals surface area contributed by atoms with Crippen LogP contribution in [0.2, 0.25) is 0 Å². The van der Waals surface area contributed by atoms with E-state index in [1.54, 1.807) is 26.3 Å². The number of nitrogens with zero attached hydrogens (tertiary/aromatic N) is 7. The Labute approximate surface area is 170 Å². The Kier molecular flexibility index (Phi) is 4.66. The van der Waals surface area contributed by atoms with Gasteiger partial charge < -0.3 is 11.1 Å². The minimum atomic E-state index is -2.30. The van der Waals surface area contributed by atoms with Crippen LogP contribution in [0.3, 0.4) is 0 Å². The molecule has 0 bridgehead atoms. The van der Waals surface area contributed by atoms with E-state index in [0.717, 1.165) is 29.7 Å². The Hall–Kier alpha value is -3.34. The van der Waals surface area contributed by atoms with Crippen LogP contribution in [0.15, 0.2) is 36.8 Å². The number of likely N-dealkylation sites (tertiary alicyclic amines) is 1. The van der Waals surface area contributed by atoms with Crippen LogP contribution >= 0.6 is 0 Å². The number of nitrogens with two attached hydrogens (primary N) is 1. The molecule has 4 aromatic rings. The molecule has 0 atom stereocenters. The summed E-state index contributed by atoms with van der Waals surface area (Å²) in [5, 5.41) is 12.4. The average Bonchev–Trinajstić information content (AvgIpc) is 3.35. The van der Waals surface area contributed by atoms with Crippen molar-refractivity contribution in [2.75, 3.05) is 30.7 Å². The average molecular weight is 413 g/mol. The van der Waals surface area contributed by atoms with Crippen LogP contribution in [0.1, 0.15) is 12.8 Å². The van der Waals surface area contributed by atoms with Gasteiger partial charge in [-0.25, -0.2) is 22.8 Å². The number of aromatic nitrogens is 6. The number of halogens is 2. The third-order valence-corrected chi connectivity index (χ3v) is 5.39. The first-order chi connectivity index (χ1) is 14.6. The molecule has 4 aromatic heterocycles. The summed E-state index contributed by atoms with van der Waals surface area (Å²) in [5.74, 6) is 0.766. The summed E-state index contributed by atoms with van der Waals surface area (Å²) in [4.78, 5) is 10.4. The second kappa shape index (κ2) is 7.48. The highest BCUT2D eigenvalue weighted by Gasteiger charge is 2.22.